The molecule has 2 N–H and O–H groups in total. The van der Waals surface area contributed by atoms with Crippen LogP contribution < -0.4 is 10.9 Å². The lowest BCUT2D eigenvalue weighted by molar-refractivity contribution is -0.265. The average molecular weight is 512 g/mol. The summed E-state index contributed by atoms with van der Waals surface area (Å²) in [6, 6.07) is 2.32. The van der Waals surface area contributed by atoms with Crippen LogP contribution >= 0.6 is 0 Å². The first-order valence-electron chi connectivity index (χ1n) is 9.47. The summed E-state index contributed by atoms with van der Waals surface area (Å²) < 4.78 is 119. The van der Waals surface area contributed by atoms with Gasteiger partial charge in [-0.2, -0.15) is 35.8 Å². The zero-order valence-electron chi connectivity index (χ0n) is 17.3. The van der Waals surface area contributed by atoms with Crippen LogP contribution in [-0.4, -0.2) is 45.6 Å². The van der Waals surface area contributed by atoms with Gasteiger partial charge in [-0.25, -0.2) is 18.1 Å². The van der Waals surface area contributed by atoms with Crippen molar-refractivity contribution >= 4 is 32.6 Å². The van der Waals surface area contributed by atoms with E-state index in [0.29, 0.717) is 10.8 Å². The van der Waals surface area contributed by atoms with Crippen molar-refractivity contribution < 1.29 is 39.2 Å². The van der Waals surface area contributed by atoms with Crippen molar-refractivity contribution in [3.05, 3.63) is 29.7 Å². The minimum atomic E-state index is -5.87. The van der Waals surface area contributed by atoms with Gasteiger partial charge in [0.25, 0.3) is 0 Å². The lowest BCUT2D eigenvalue weighted by atomic mass is 10.1. The highest BCUT2D eigenvalue weighted by Crippen LogP contribution is 2.43. The molecule has 1 aliphatic heterocycles. The van der Waals surface area contributed by atoms with Gasteiger partial charge in [0.1, 0.15) is 17.2 Å². The Bertz CT molecular complexity index is 1420. The molecule has 0 unspecified atom stereocenters. The Balaban J connectivity index is 1.93. The smallest absolute Gasteiger partial charge is 0.312 e. The highest BCUT2D eigenvalue weighted by Gasteiger charge is 2.61. The molecule has 0 bridgehead atoms. The van der Waals surface area contributed by atoms with Crippen LogP contribution in [-0.2, 0) is 16.9 Å². The number of hydrogen-bond donors (Lipinski definition) is 2. The number of hydrazine groups is 1. The van der Waals surface area contributed by atoms with Crippen LogP contribution in [0.25, 0.3) is 28.4 Å². The number of nitrogens with one attached hydrogen (secondary N) is 2. The molecular formula is C18H15F7N6O2S. The van der Waals surface area contributed by atoms with Gasteiger partial charge in [0.15, 0.2) is 15.7 Å². The third-order valence-corrected chi connectivity index (χ3v) is 6.96. The van der Waals surface area contributed by atoms with Gasteiger partial charge in [-0.15, -0.1) is 0 Å². The molecule has 1 aliphatic rings. The van der Waals surface area contributed by atoms with Crippen LogP contribution in [0.1, 0.15) is 19.2 Å². The van der Waals surface area contributed by atoms with Crippen LogP contribution in [0.5, 0.6) is 0 Å². The van der Waals surface area contributed by atoms with E-state index in [9.17, 15) is 39.2 Å². The lowest BCUT2D eigenvalue weighted by Crippen LogP contribution is -2.45. The molecule has 16 heteroatoms. The Kier molecular flexibility index (Phi) is 5.34. The zero-order valence-corrected chi connectivity index (χ0v) is 18.1. The van der Waals surface area contributed by atoms with E-state index in [1.165, 1.54) is 24.6 Å². The minimum Gasteiger partial charge on any atom is -0.312 e. The normalized spacial score (nSPS) is 14.7. The van der Waals surface area contributed by atoms with Gasteiger partial charge in [0.2, 0.25) is 0 Å². The zero-order chi connectivity index (χ0) is 25.2. The third-order valence-electron chi connectivity index (χ3n) is 5.19. The molecule has 0 spiro atoms. The van der Waals surface area contributed by atoms with Gasteiger partial charge < -0.3 is 4.57 Å². The number of hydrogen-bond acceptors (Lipinski definition) is 6. The quantitative estimate of drug-likeness (QED) is 0.501. The van der Waals surface area contributed by atoms with Crippen LogP contribution in [0.3, 0.4) is 0 Å². The Morgan fingerprint density at radius 1 is 1.12 bits per heavy atom. The van der Waals surface area contributed by atoms with Crippen LogP contribution in [0.2, 0.25) is 0 Å². The first-order chi connectivity index (χ1) is 15.7. The summed E-state index contributed by atoms with van der Waals surface area (Å²) >= 11 is 0. The summed E-state index contributed by atoms with van der Waals surface area (Å²) in [6.07, 6.45) is -4.40. The Morgan fingerprint density at radius 3 is 2.38 bits per heavy atom. The van der Waals surface area contributed by atoms with Gasteiger partial charge >= 0.3 is 18.6 Å². The number of allylic oxidation sites excluding steroid dienone is 1. The average Bonchev–Trinajstić information content (AvgIpc) is 3.32. The van der Waals surface area contributed by atoms with Crippen LogP contribution in [0, 0.1) is 0 Å². The second-order valence-corrected chi connectivity index (χ2v) is 9.55. The second kappa shape index (κ2) is 7.61. The summed E-state index contributed by atoms with van der Waals surface area (Å²) in [6.45, 7) is -1.64. The molecule has 3 heterocycles. The molecule has 184 valence electrons. The molecule has 34 heavy (non-hydrogen) atoms. The second-order valence-electron chi connectivity index (χ2n) is 7.31. The van der Waals surface area contributed by atoms with Crippen LogP contribution in [0.15, 0.2) is 28.9 Å². The Labute approximate surface area is 186 Å². The number of aromatic nitrogens is 4. The van der Waals surface area contributed by atoms with Crippen molar-refractivity contribution in [1.82, 2.24) is 24.8 Å². The fourth-order valence-corrected chi connectivity index (χ4v) is 4.48. The van der Waals surface area contributed by atoms with E-state index in [0.717, 1.165) is 12.3 Å². The standard InChI is InChI=1S/C18H15F7N6O2S/c1-3-34(32,33)12-5-10-8(7-31(29-10)16(19)20)4-9(12)14-26-11-6-13(17(21,22)18(23,24)25)27-28-15(11)30(14)2/h4-7,16,27-28H,3H2,1-2H3. The summed E-state index contributed by atoms with van der Waals surface area (Å²) in [7, 11) is -2.59. The number of anilines is 1. The molecule has 1 aromatic carbocycles. The number of nitrogens with zero attached hydrogens (tertiary/aromatic N) is 4. The van der Waals surface area contributed by atoms with Crippen molar-refractivity contribution in [2.45, 2.75) is 30.5 Å². The molecular weight excluding hydrogens is 497 g/mol. The predicted octanol–water partition coefficient (Wildman–Crippen LogP) is 4.09. The van der Waals surface area contributed by atoms with E-state index in [1.807, 2.05) is 0 Å². The summed E-state index contributed by atoms with van der Waals surface area (Å²) in [5.41, 5.74) is 2.07. The van der Waals surface area contributed by atoms with Crippen LogP contribution in [0.4, 0.5) is 36.6 Å². The molecule has 0 amide bonds. The van der Waals surface area contributed by atoms with E-state index in [2.05, 4.69) is 15.5 Å². The third kappa shape index (κ3) is 3.65. The number of benzene rings is 1. The number of halogens is 7. The molecule has 2 aromatic heterocycles. The van der Waals surface area contributed by atoms with E-state index >= 15 is 0 Å². The highest BCUT2D eigenvalue weighted by atomic mass is 32.2. The Morgan fingerprint density at radius 2 is 1.79 bits per heavy atom. The topological polar surface area (TPSA) is 93.8 Å². The van der Waals surface area contributed by atoms with Crippen molar-refractivity contribution in [1.29, 1.82) is 0 Å². The number of sulfone groups is 1. The molecule has 0 radical (unpaired) electrons. The largest absolute Gasteiger partial charge is 0.459 e. The summed E-state index contributed by atoms with van der Waals surface area (Å²) in [5.74, 6) is -5.73. The van der Waals surface area contributed by atoms with E-state index in [1.54, 1.807) is 5.43 Å². The van der Waals surface area contributed by atoms with Gasteiger partial charge in [-0.3, -0.25) is 10.9 Å². The molecule has 0 atom stereocenters. The maximum Gasteiger partial charge on any atom is 0.459 e. The summed E-state index contributed by atoms with van der Waals surface area (Å²) in [5, 5.41) is 3.79. The minimum absolute atomic E-state index is 0.0278. The lowest BCUT2D eigenvalue weighted by Gasteiger charge is -2.26. The molecule has 4 rings (SSSR count). The first kappa shape index (κ1) is 23.8. The molecule has 0 saturated carbocycles. The monoisotopic (exact) mass is 512 g/mol. The Hall–Kier alpha value is -3.30. The van der Waals surface area contributed by atoms with Gasteiger partial charge in [-0.1, -0.05) is 6.92 Å². The highest BCUT2D eigenvalue weighted by molar-refractivity contribution is 7.91. The molecule has 0 saturated heterocycles. The van der Waals surface area contributed by atoms with Crippen molar-refractivity contribution in [3.8, 4) is 11.4 Å². The van der Waals surface area contributed by atoms with E-state index < -0.39 is 34.2 Å². The predicted molar refractivity (Wildman–Crippen MR) is 107 cm³/mol. The first-order valence-corrected chi connectivity index (χ1v) is 11.1. The number of rotatable bonds is 5. The molecule has 8 nitrogen and oxygen atoms in total. The van der Waals surface area contributed by atoms with Gasteiger partial charge in [0, 0.05) is 24.2 Å². The number of imidazole rings is 1. The fourth-order valence-electron chi connectivity index (χ4n) is 3.39. The molecule has 0 fully saturated rings. The number of fused-ring (bicyclic) bond motifs is 2. The van der Waals surface area contributed by atoms with E-state index in [-0.39, 0.29) is 44.5 Å². The van der Waals surface area contributed by atoms with Gasteiger partial charge in [-0.05, 0) is 18.2 Å². The van der Waals surface area contributed by atoms with Crippen molar-refractivity contribution in [2.24, 2.45) is 7.05 Å². The van der Waals surface area contributed by atoms with Crippen molar-refractivity contribution in [2.75, 3.05) is 11.2 Å². The maximum absolute atomic E-state index is 13.8. The van der Waals surface area contributed by atoms with E-state index in [4.69, 9.17) is 0 Å². The molecule has 3 aromatic rings. The van der Waals surface area contributed by atoms with Crippen molar-refractivity contribution in [3.63, 3.8) is 0 Å². The maximum atomic E-state index is 13.8. The molecule has 0 aliphatic carbocycles. The fraction of sp³-hybridized carbons (Fsp3) is 0.333. The number of alkyl halides is 7. The summed E-state index contributed by atoms with van der Waals surface area (Å²) in [4.78, 5) is 3.75. The van der Waals surface area contributed by atoms with Gasteiger partial charge in [0.05, 0.1) is 16.2 Å². The SMILES string of the molecule is CCS(=O)(=O)c1cc2nn(C(F)F)cc2cc1-c1nc2c(n1C)NNC(C(F)(F)C(F)(F)F)=C2.